The van der Waals surface area contributed by atoms with Crippen LogP contribution in [0.15, 0.2) is 24.3 Å². The Morgan fingerprint density at radius 2 is 1.83 bits per heavy atom. The minimum atomic E-state index is -0.347. The number of nitrogens with zero attached hydrogens (tertiary/aromatic N) is 2. The van der Waals surface area contributed by atoms with Crippen molar-refractivity contribution in [1.29, 1.82) is 0 Å². The Morgan fingerprint density at radius 3 is 2.46 bits per heavy atom. The zero-order chi connectivity index (χ0) is 17.4. The first-order chi connectivity index (χ1) is 11.6. The topological polar surface area (TPSA) is 44.8 Å². The Morgan fingerprint density at radius 1 is 1.17 bits per heavy atom. The van der Waals surface area contributed by atoms with Crippen LogP contribution in [0, 0.1) is 0 Å². The zero-order valence-corrected chi connectivity index (χ0v) is 15.3. The minimum Gasteiger partial charge on any atom is -0.369 e. The van der Waals surface area contributed by atoms with Crippen molar-refractivity contribution in [1.82, 2.24) is 15.1 Å². The minimum absolute atomic E-state index is 0.0197. The molecule has 1 atom stereocenters. The molecule has 24 heavy (non-hydrogen) atoms. The van der Waals surface area contributed by atoms with Gasteiger partial charge in [0.15, 0.2) is 0 Å². The van der Waals surface area contributed by atoms with Gasteiger partial charge in [-0.15, -0.1) is 0 Å². The first-order valence-corrected chi connectivity index (χ1v) is 9.01. The van der Waals surface area contributed by atoms with Crippen LogP contribution in [-0.2, 0) is 22.6 Å². The molecule has 0 aromatic heterocycles. The Balaban J connectivity index is 1.92. The van der Waals surface area contributed by atoms with Gasteiger partial charge in [0, 0.05) is 45.9 Å². The van der Waals surface area contributed by atoms with Crippen molar-refractivity contribution in [2.24, 2.45) is 0 Å². The molecule has 1 N–H and O–H groups in total. The third-order valence-electron chi connectivity index (χ3n) is 4.59. The van der Waals surface area contributed by atoms with Gasteiger partial charge < -0.3 is 15.0 Å². The average molecular weight is 333 g/mol. The lowest BCUT2D eigenvalue weighted by Gasteiger charge is -2.32. The molecule has 1 aliphatic rings. The quantitative estimate of drug-likeness (QED) is 0.789. The van der Waals surface area contributed by atoms with Gasteiger partial charge in [-0.2, -0.15) is 0 Å². The molecule has 0 saturated carbocycles. The second-order valence-corrected chi connectivity index (χ2v) is 6.42. The van der Waals surface area contributed by atoms with E-state index in [0.717, 1.165) is 32.7 Å². The normalized spacial score (nSPS) is 17.6. The predicted octanol–water partition coefficient (Wildman–Crippen LogP) is 1.87. The van der Waals surface area contributed by atoms with Crippen molar-refractivity contribution in [2.45, 2.75) is 39.5 Å². The molecular formula is C19H31N3O2. The lowest BCUT2D eigenvalue weighted by atomic mass is 10.1. The van der Waals surface area contributed by atoms with E-state index in [4.69, 9.17) is 4.74 Å². The van der Waals surface area contributed by atoms with Crippen LogP contribution in [0.2, 0.25) is 0 Å². The number of rotatable bonds is 8. The molecule has 0 spiro atoms. The van der Waals surface area contributed by atoms with E-state index in [0.29, 0.717) is 19.6 Å². The Kier molecular flexibility index (Phi) is 7.69. The van der Waals surface area contributed by atoms with E-state index in [-0.39, 0.29) is 12.0 Å². The summed E-state index contributed by atoms with van der Waals surface area (Å²) in [6.45, 7) is 10.4. The van der Waals surface area contributed by atoms with Gasteiger partial charge >= 0.3 is 0 Å². The SMILES string of the molecule is CCO[C@H](CC)C(=O)NCc1ccccc1CN1CCN(C)CC1. The molecule has 1 heterocycles. The monoisotopic (exact) mass is 333 g/mol. The van der Waals surface area contributed by atoms with Gasteiger partial charge in [-0.05, 0) is 31.5 Å². The smallest absolute Gasteiger partial charge is 0.249 e. The van der Waals surface area contributed by atoms with Gasteiger partial charge in [0.25, 0.3) is 0 Å². The fraction of sp³-hybridized carbons (Fsp3) is 0.632. The van der Waals surface area contributed by atoms with Gasteiger partial charge in [-0.25, -0.2) is 0 Å². The second-order valence-electron chi connectivity index (χ2n) is 6.42. The lowest BCUT2D eigenvalue weighted by molar-refractivity contribution is -0.132. The number of ether oxygens (including phenoxy) is 1. The van der Waals surface area contributed by atoms with Gasteiger partial charge in [-0.1, -0.05) is 31.2 Å². The van der Waals surface area contributed by atoms with Crippen LogP contribution >= 0.6 is 0 Å². The molecule has 0 radical (unpaired) electrons. The first-order valence-electron chi connectivity index (χ1n) is 9.01. The largest absolute Gasteiger partial charge is 0.369 e. The summed E-state index contributed by atoms with van der Waals surface area (Å²) in [6.07, 6.45) is 0.350. The maximum Gasteiger partial charge on any atom is 0.249 e. The van der Waals surface area contributed by atoms with Gasteiger partial charge in [0.2, 0.25) is 5.91 Å². The van der Waals surface area contributed by atoms with E-state index >= 15 is 0 Å². The highest BCUT2D eigenvalue weighted by Gasteiger charge is 2.18. The average Bonchev–Trinajstić information content (AvgIpc) is 2.60. The molecule has 1 saturated heterocycles. The Labute approximate surface area is 146 Å². The third kappa shape index (κ3) is 5.58. The molecule has 1 aromatic rings. The third-order valence-corrected chi connectivity index (χ3v) is 4.59. The summed E-state index contributed by atoms with van der Waals surface area (Å²) in [5.74, 6) is -0.0197. The number of benzene rings is 1. The highest BCUT2D eigenvalue weighted by Crippen LogP contribution is 2.13. The number of carbonyl (C=O) groups is 1. The van der Waals surface area contributed by atoms with Crippen LogP contribution in [-0.4, -0.2) is 61.6 Å². The summed E-state index contributed by atoms with van der Waals surface area (Å²) in [4.78, 5) is 17.1. The van der Waals surface area contributed by atoms with E-state index in [1.807, 2.05) is 19.9 Å². The molecule has 5 heteroatoms. The maximum atomic E-state index is 12.2. The molecule has 0 unspecified atom stereocenters. The number of piperazine rings is 1. The van der Waals surface area contributed by atoms with Gasteiger partial charge in [-0.3, -0.25) is 9.69 Å². The summed E-state index contributed by atoms with van der Waals surface area (Å²) < 4.78 is 5.48. The van der Waals surface area contributed by atoms with E-state index in [1.54, 1.807) is 0 Å². The van der Waals surface area contributed by atoms with Crippen molar-refractivity contribution < 1.29 is 9.53 Å². The van der Waals surface area contributed by atoms with Gasteiger partial charge in [0.05, 0.1) is 0 Å². The summed E-state index contributed by atoms with van der Waals surface area (Å²) in [6, 6.07) is 8.38. The standard InChI is InChI=1S/C19H31N3O2/c1-4-18(24-5-2)19(23)20-14-16-8-6-7-9-17(16)15-22-12-10-21(3)11-13-22/h6-9,18H,4-5,10-15H2,1-3H3,(H,20,23)/t18-/m1/s1. The number of hydrogen-bond donors (Lipinski definition) is 1. The van der Waals surface area contributed by atoms with Crippen LogP contribution in [0.1, 0.15) is 31.4 Å². The summed E-state index contributed by atoms with van der Waals surface area (Å²) in [5.41, 5.74) is 2.49. The molecule has 0 aliphatic carbocycles. The molecular weight excluding hydrogens is 302 g/mol. The van der Waals surface area contributed by atoms with Crippen LogP contribution in [0.5, 0.6) is 0 Å². The number of nitrogens with one attached hydrogen (secondary N) is 1. The van der Waals surface area contributed by atoms with Crippen molar-refractivity contribution in [3.8, 4) is 0 Å². The Hall–Kier alpha value is -1.43. The zero-order valence-electron chi connectivity index (χ0n) is 15.3. The van der Waals surface area contributed by atoms with E-state index in [9.17, 15) is 4.79 Å². The van der Waals surface area contributed by atoms with Crippen LogP contribution in [0.25, 0.3) is 0 Å². The fourth-order valence-electron chi connectivity index (χ4n) is 3.01. The van der Waals surface area contributed by atoms with Crippen LogP contribution in [0.3, 0.4) is 0 Å². The molecule has 0 bridgehead atoms. The molecule has 1 amide bonds. The highest BCUT2D eigenvalue weighted by molar-refractivity contribution is 5.80. The van der Waals surface area contributed by atoms with Crippen molar-refractivity contribution >= 4 is 5.91 Å². The molecule has 134 valence electrons. The molecule has 5 nitrogen and oxygen atoms in total. The van der Waals surface area contributed by atoms with E-state index in [2.05, 4.69) is 40.4 Å². The number of carbonyl (C=O) groups excluding carboxylic acids is 1. The molecule has 2 rings (SSSR count). The number of hydrogen-bond acceptors (Lipinski definition) is 4. The maximum absolute atomic E-state index is 12.2. The molecule has 1 aliphatic heterocycles. The van der Waals surface area contributed by atoms with Crippen LogP contribution < -0.4 is 5.32 Å². The first kappa shape index (κ1) is 18.9. The molecule has 1 aromatic carbocycles. The lowest BCUT2D eigenvalue weighted by Crippen LogP contribution is -2.44. The van der Waals surface area contributed by atoms with Crippen molar-refractivity contribution in [2.75, 3.05) is 39.8 Å². The fourth-order valence-corrected chi connectivity index (χ4v) is 3.01. The van der Waals surface area contributed by atoms with E-state index < -0.39 is 0 Å². The summed E-state index contributed by atoms with van der Waals surface area (Å²) in [7, 11) is 2.17. The number of amides is 1. The summed E-state index contributed by atoms with van der Waals surface area (Å²) >= 11 is 0. The van der Waals surface area contributed by atoms with Crippen molar-refractivity contribution in [3.05, 3.63) is 35.4 Å². The predicted molar refractivity (Wildman–Crippen MR) is 96.8 cm³/mol. The number of likely N-dealkylation sites (N-methyl/N-ethyl adjacent to an activating group) is 1. The second kappa shape index (κ2) is 9.77. The van der Waals surface area contributed by atoms with Crippen LogP contribution in [0.4, 0.5) is 0 Å². The van der Waals surface area contributed by atoms with Crippen molar-refractivity contribution in [3.63, 3.8) is 0 Å². The van der Waals surface area contributed by atoms with E-state index in [1.165, 1.54) is 11.1 Å². The summed E-state index contributed by atoms with van der Waals surface area (Å²) in [5, 5.41) is 3.03. The van der Waals surface area contributed by atoms with Gasteiger partial charge in [0.1, 0.15) is 6.10 Å². The highest BCUT2D eigenvalue weighted by atomic mass is 16.5. The molecule has 1 fully saturated rings. The Bertz CT molecular complexity index is 513.